The summed E-state index contributed by atoms with van der Waals surface area (Å²) in [7, 11) is 0. The lowest BCUT2D eigenvalue weighted by Gasteiger charge is -2.14. The van der Waals surface area contributed by atoms with Gasteiger partial charge < -0.3 is 5.32 Å². The molecule has 0 saturated carbocycles. The molecule has 1 aromatic carbocycles. The maximum absolute atomic E-state index is 11.6. The molecular formula is C15H18N2OS. The van der Waals surface area contributed by atoms with E-state index in [9.17, 15) is 4.79 Å². The predicted octanol–water partition coefficient (Wildman–Crippen LogP) is 4.39. The first-order chi connectivity index (χ1) is 8.88. The Morgan fingerprint density at radius 2 is 1.95 bits per heavy atom. The lowest BCUT2D eigenvalue weighted by atomic mass is 9.93. The van der Waals surface area contributed by atoms with Gasteiger partial charge in [-0.05, 0) is 19.1 Å². The van der Waals surface area contributed by atoms with Gasteiger partial charge >= 0.3 is 0 Å². The lowest BCUT2D eigenvalue weighted by Crippen LogP contribution is -2.11. The van der Waals surface area contributed by atoms with Crippen LogP contribution in [0.2, 0.25) is 0 Å². The number of carbonyl (C=O) groups is 1. The van der Waals surface area contributed by atoms with Gasteiger partial charge in [-0.15, -0.1) is 11.3 Å². The molecule has 1 heterocycles. The summed E-state index contributed by atoms with van der Waals surface area (Å²) in [5.41, 5.74) is 2.59. The Hall–Kier alpha value is -1.68. The smallest absolute Gasteiger partial charge is 0.187 e. The van der Waals surface area contributed by atoms with Crippen molar-refractivity contribution in [2.45, 2.75) is 33.1 Å². The van der Waals surface area contributed by atoms with Crippen LogP contribution < -0.4 is 5.32 Å². The van der Waals surface area contributed by atoms with E-state index < -0.39 is 0 Å². The predicted molar refractivity (Wildman–Crippen MR) is 80.5 cm³/mol. The first-order valence-corrected chi connectivity index (χ1v) is 7.09. The Morgan fingerprint density at radius 1 is 1.26 bits per heavy atom. The minimum absolute atomic E-state index is 0.0382. The number of para-hydroxylation sites is 1. The summed E-state index contributed by atoms with van der Waals surface area (Å²) in [5.74, 6) is 0.0516. The Morgan fingerprint density at radius 3 is 2.53 bits per heavy atom. The van der Waals surface area contributed by atoms with E-state index in [2.05, 4.69) is 36.5 Å². The van der Waals surface area contributed by atoms with Gasteiger partial charge in [-0.25, -0.2) is 4.98 Å². The molecule has 2 rings (SSSR count). The Balaban J connectivity index is 2.27. The average Bonchev–Trinajstić information content (AvgIpc) is 2.77. The Kier molecular flexibility index (Phi) is 3.71. The van der Waals surface area contributed by atoms with Gasteiger partial charge in [0.2, 0.25) is 0 Å². The van der Waals surface area contributed by atoms with Gasteiger partial charge in [-0.1, -0.05) is 32.9 Å². The molecule has 1 N–H and O–H groups in total. The molecule has 4 heteroatoms. The summed E-state index contributed by atoms with van der Waals surface area (Å²) in [6.45, 7) is 7.98. The number of thiazole rings is 1. The van der Waals surface area contributed by atoms with Gasteiger partial charge in [-0.3, -0.25) is 4.79 Å². The molecule has 100 valence electrons. The minimum Gasteiger partial charge on any atom is -0.331 e. The van der Waals surface area contributed by atoms with E-state index in [1.165, 1.54) is 0 Å². The third-order valence-corrected chi connectivity index (χ3v) is 3.58. The highest BCUT2D eigenvalue weighted by Gasteiger charge is 2.17. The molecule has 0 fully saturated rings. The van der Waals surface area contributed by atoms with Gasteiger partial charge in [-0.2, -0.15) is 0 Å². The molecule has 1 aromatic heterocycles. The standard InChI is InChI=1S/C15H18N2OS/c1-10(18)11-7-5-6-8-12(11)16-14-17-13(9-19-14)15(2,3)4/h5-9H,1-4H3,(H,16,17). The second kappa shape index (κ2) is 5.13. The SMILES string of the molecule is CC(=O)c1ccccc1Nc1nc(C(C)(C)C)cs1. The molecule has 19 heavy (non-hydrogen) atoms. The van der Waals surface area contributed by atoms with E-state index in [1.807, 2.05) is 24.3 Å². The molecule has 0 aliphatic carbocycles. The summed E-state index contributed by atoms with van der Waals surface area (Å²) >= 11 is 1.56. The molecule has 3 nitrogen and oxygen atoms in total. The largest absolute Gasteiger partial charge is 0.331 e. The van der Waals surface area contributed by atoms with E-state index >= 15 is 0 Å². The third-order valence-electron chi connectivity index (χ3n) is 2.82. The highest BCUT2D eigenvalue weighted by atomic mass is 32.1. The van der Waals surface area contributed by atoms with E-state index in [1.54, 1.807) is 18.3 Å². The van der Waals surface area contributed by atoms with Crippen LogP contribution in [0.15, 0.2) is 29.6 Å². The van der Waals surface area contributed by atoms with Crippen molar-refractivity contribution in [2.75, 3.05) is 5.32 Å². The molecular weight excluding hydrogens is 256 g/mol. The fourth-order valence-electron chi connectivity index (χ4n) is 1.69. The van der Waals surface area contributed by atoms with Crippen LogP contribution in [-0.2, 0) is 5.41 Å². The van der Waals surface area contributed by atoms with Crippen LogP contribution >= 0.6 is 11.3 Å². The summed E-state index contributed by atoms with van der Waals surface area (Å²) in [6, 6.07) is 7.50. The molecule has 0 aliphatic rings. The average molecular weight is 274 g/mol. The fourth-order valence-corrected chi connectivity index (χ4v) is 2.64. The van der Waals surface area contributed by atoms with Gasteiger partial charge in [0.15, 0.2) is 10.9 Å². The second-order valence-electron chi connectivity index (χ2n) is 5.51. The zero-order chi connectivity index (χ0) is 14.0. The Labute approximate surface area is 117 Å². The first-order valence-electron chi connectivity index (χ1n) is 6.21. The number of nitrogens with zero attached hydrogens (tertiary/aromatic N) is 1. The van der Waals surface area contributed by atoms with Crippen molar-refractivity contribution in [3.8, 4) is 0 Å². The highest BCUT2D eigenvalue weighted by Crippen LogP contribution is 2.29. The van der Waals surface area contributed by atoms with Crippen molar-refractivity contribution < 1.29 is 4.79 Å². The first kappa shape index (κ1) is 13.7. The van der Waals surface area contributed by atoms with Crippen molar-refractivity contribution in [1.82, 2.24) is 4.98 Å². The van der Waals surface area contributed by atoms with Crippen LogP contribution in [0, 0.1) is 0 Å². The van der Waals surface area contributed by atoms with Gasteiger partial charge in [0, 0.05) is 16.4 Å². The summed E-state index contributed by atoms with van der Waals surface area (Å²) in [5, 5.41) is 6.11. The Bertz CT molecular complexity index is 596. The van der Waals surface area contributed by atoms with Gasteiger partial charge in [0.05, 0.1) is 11.4 Å². The summed E-state index contributed by atoms with van der Waals surface area (Å²) in [4.78, 5) is 16.1. The van der Waals surface area contributed by atoms with Crippen LogP contribution in [0.5, 0.6) is 0 Å². The van der Waals surface area contributed by atoms with Crippen molar-refractivity contribution in [3.63, 3.8) is 0 Å². The van der Waals surface area contributed by atoms with Gasteiger partial charge in [0.25, 0.3) is 0 Å². The van der Waals surface area contributed by atoms with Crippen LogP contribution in [0.1, 0.15) is 43.7 Å². The topological polar surface area (TPSA) is 42.0 Å². The van der Waals surface area contributed by atoms with E-state index in [0.29, 0.717) is 5.56 Å². The van der Waals surface area contributed by atoms with Crippen LogP contribution in [0.25, 0.3) is 0 Å². The van der Waals surface area contributed by atoms with Crippen molar-refractivity contribution in [1.29, 1.82) is 0 Å². The highest BCUT2D eigenvalue weighted by molar-refractivity contribution is 7.13. The van der Waals surface area contributed by atoms with Gasteiger partial charge in [0.1, 0.15) is 0 Å². The normalized spacial score (nSPS) is 11.4. The number of hydrogen-bond donors (Lipinski definition) is 1. The number of anilines is 2. The van der Waals surface area contributed by atoms with Crippen molar-refractivity contribution >= 4 is 27.9 Å². The molecule has 0 atom stereocenters. The molecule has 2 aromatic rings. The molecule has 0 radical (unpaired) electrons. The molecule has 0 unspecified atom stereocenters. The molecule has 0 spiro atoms. The lowest BCUT2D eigenvalue weighted by molar-refractivity contribution is 0.101. The minimum atomic E-state index is 0.0382. The van der Waals surface area contributed by atoms with E-state index in [4.69, 9.17) is 0 Å². The fraction of sp³-hybridized carbons (Fsp3) is 0.333. The number of nitrogens with one attached hydrogen (secondary N) is 1. The number of hydrogen-bond acceptors (Lipinski definition) is 4. The third kappa shape index (κ3) is 3.20. The summed E-state index contributed by atoms with van der Waals surface area (Å²) < 4.78 is 0. The number of Topliss-reactive ketones (excluding diaryl/α,β-unsaturated/α-hetero) is 1. The van der Waals surface area contributed by atoms with Crippen LogP contribution in [-0.4, -0.2) is 10.8 Å². The van der Waals surface area contributed by atoms with Crippen molar-refractivity contribution in [3.05, 3.63) is 40.9 Å². The molecule has 0 amide bonds. The summed E-state index contributed by atoms with van der Waals surface area (Å²) in [6.07, 6.45) is 0. The molecule has 0 aliphatic heterocycles. The van der Waals surface area contributed by atoms with Crippen LogP contribution in [0.3, 0.4) is 0 Å². The van der Waals surface area contributed by atoms with Crippen LogP contribution in [0.4, 0.5) is 10.8 Å². The number of carbonyl (C=O) groups excluding carboxylic acids is 1. The molecule has 0 bridgehead atoms. The van der Waals surface area contributed by atoms with Crippen molar-refractivity contribution in [2.24, 2.45) is 0 Å². The number of benzene rings is 1. The zero-order valence-electron chi connectivity index (χ0n) is 11.7. The van der Waals surface area contributed by atoms with E-state index in [0.717, 1.165) is 16.5 Å². The number of aromatic nitrogens is 1. The second-order valence-corrected chi connectivity index (χ2v) is 6.37. The zero-order valence-corrected chi connectivity index (χ0v) is 12.5. The number of ketones is 1. The number of rotatable bonds is 3. The quantitative estimate of drug-likeness (QED) is 0.844. The monoisotopic (exact) mass is 274 g/mol. The maximum atomic E-state index is 11.6. The molecule has 0 saturated heterocycles. The van der Waals surface area contributed by atoms with E-state index in [-0.39, 0.29) is 11.2 Å². The maximum Gasteiger partial charge on any atom is 0.187 e.